The minimum atomic E-state index is -3.21. The molecule has 0 radical (unpaired) electrons. The Kier molecular flexibility index (Phi) is 10.2. The average molecular weight is 910 g/mol. The number of aromatic nitrogens is 3. The molecule has 65 heavy (non-hydrogen) atoms. The van der Waals surface area contributed by atoms with Gasteiger partial charge in [-0.2, -0.15) is 4.98 Å². The van der Waals surface area contributed by atoms with E-state index in [4.69, 9.17) is 21.3 Å². The van der Waals surface area contributed by atoms with E-state index >= 15 is 13.2 Å². The molecule has 2 atom stereocenters. The average Bonchev–Trinajstić information content (AvgIpc) is 4.11. The van der Waals surface area contributed by atoms with E-state index in [0.29, 0.717) is 48.0 Å². The first kappa shape index (κ1) is 41.7. The Morgan fingerprint density at radius 2 is 1.74 bits per heavy atom. The zero-order chi connectivity index (χ0) is 44.9. The van der Waals surface area contributed by atoms with Crippen molar-refractivity contribution in [3.63, 3.8) is 0 Å². The number of likely N-dealkylation sites (tertiary alicyclic amines) is 1. The standard InChI is InChI=1S/C47H47ClF3N9O5/c1-57-36-20-32(49)33(19-30(36)39-40(45(57)64)65-23-47(50,51)41(55-39)26-5-6-26)53-42-31(48)21-52-46(56-42)59-17-11-24(12-18-59)22-58-15-13-25(14-16-58)27-7-8-34-38-28(27)3-2-4-29(38)44(63)60(34)35-9-10-37(61)54-43(35)62/h2-4,7-8,19-21,24-26,35,41,55H,5-6,9-18,22-23H2,1H3,(H,52,53,56)(H,54,61,62). The van der Waals surface area contributed by atoms with Crippen LogP contribution in [-0.4, -0.2) is 94.5 Å². The summed E-state index contributed by atoms with van der Waals surface area (Å²) < 4.78 is 52.8. The van der Waals surface area contributed by atoms with E-state index in [1.165, 1.54) is 35.5 Å². The predicted octanol–water partition coefficient (Wildman–Crippen LogP) is 7.10. The summed E-state index contributed by atoms with van der Waals surface area (Å²) in [5.41, 5.74) is 2.23. The second-order valence-electron chi connectivity index (χ2n) is 18.5. The van der Waals surface area contributed by atoms with Crippen LogP contribution in [0.5, 0.6) is 5.75 Å². The number of carbonyl (C=O) groups excluding carboxylic acids is 3. The number of hydrogen-bond donors (Lipinski definition) is 3. The van der Waals surface area contributed by atoms with Crippen LogP contribution >= 0.6 is 11.6 Å². The van der Waals surface area contributed by atoms with Crippen LogP contribution in [0.2, 0.25) is 5.02 Å². The fourth-order valence-corrected chi connectivity index (χ4v) is 10.9. The first-order valence-corrected chi connectivity index (χ1v) is 22.8. The molecule has 5 aromatic rings. The van der Waals surface area contributed by atoms with Crippen LogP contribution in [0.15, 0.2) is 53.5 Å². The van der Waals surface area contributed by atoms with E-state index in [0.717, 1.165) is 74.9 Å². The van der Waals surface area contributed by atoms with Crippen LogP contribution in [0, 0.1) is 17.7 Å². The van der Waals surface area contributed by atoms with E-state index < -0.39 is 41.9 Å². The van der Waals surface area contributed by atoms with Crippen LogP contribution in [0.3, 0.4) is 0 Å². The lowest BCUT2D eigenvalue weighted by molar-refractivity contribution is -0.134. The number of benzene rings is 3. The number of piperidine rings is 3. The van der Waals surface area contributed by atoms with Crippen molar-refractivity contribution >= 4 is 79.8 Å². The normalized spacial score (nSPS) is 22.8. The van der Waals surface area contributed by atoms with E-state index in [2.05, 4.69) is 42.9 Å². The SMILES string of the molecule is Cn1c(=O)c2c(c3cc(Nc4nc(N5CCC(CN6CCC(c7ccc8c9c(cccc79)C(=O)N8C7CCC(=O)NC7=O)CC6)CC5)ncc4Cl)c(F)cc31)NC(C1CC1)C(F)(F)CO2. The quantitative estimate of drug-likeness (QED) is 0.137. The summed E-state index contributed by atoms with van der Waals surface area (Å²) in [5, 5.41) is 10.8. The molecule has 3 N–H and O–H groups in total. The largest absolute Gasteiger partial charge is 0.480 e. The number of halogens is 4. The van der Waals surface area contributed by atoms with Gasteiger partial charge in [0.05, 0.1) is 34.8 Å². The number of carbonyl (C=O) groups is 3. The lowest BCUT2D eigenvalue weighted by atomic mass is 9.85. The highest BCUT2D eigenvalue weighted by atomic mass is 35.5. The molecule has 1 aliphatic carbocycles. The molecule has 0 spiro atoms. The van der Waals surface area contributed by atoms with Gasteiger partial charge in [-0.3, -0.25) is 29.4 Å². The third-order valence-electron chi connectivity index (χ3n) is 14.4. The van der Waals surface area contributed by atoms with Gasteiger partial charge in [0, 0.05) is 55.5 Å². The molecule has 2 unspecified atom stereocenters. The van der Waals surface area contributed by atoms with Gasteiger partial charge in [0.15, 0.2) is 12.4 Å². The second kappa shape index (κ2) is 15.9. The molecule has 3 amide bonds. The van der Waals surface area contributed by atoms with Crippen LogP contribution < -0.4 is 36.0 Å². The number of ether oxygens (including phenoxy) is 1. The molecule has 3 saturated heterocycles. The molecule has 4 fully saturated rings. The van der Waals surface area contributed by atoms with Gasteiger partial charge in [0.2, 0.25) is 23.5 Å². The topological polar surface area (TPSA) is 154 Å². The number of aryl methyl sites for hydroxylation is 1. The highest BCUT2D eigenvalue weighted by Crippen LogP contribution is 2.47. The molecule has 1 saturated carbocycles. The number of pyridine rings is 1. The summed E-state index contributed by atoms with van der Waals surface area (Å²) in [6, 6.07) is 10.6. The molecule has 338 valence electrons. The molecular weight excluding hydrogens is 863 g/mol. The smallest absolute Gasteiger partial charge is 0.301 e. The van der Waals surface area contributed by atoms with Gasteiger partial charge in [-0.05, 0) is 105 Å². The van der Waals surface area contributed by atoms with Crippen molar-refractivity contribution in [1.82, 2.24) is 24.8 Å². The van der Waals surface area contributed by atoms with Crippen molar-refractivity contribution in [2.24, 2.45) is 18.9 Å². The van der Waals surface area contributed by atoms with Gasteiger partial charge in [-0.15, -0.1) is 0 Å². The number of hydrogen-bond acceptors (Lipinski definition) is 11. The maximum Gasteiger partial charge on any atom is 0.301 e. The number of nitrogens with one attached hydrogen (secondary N) is 3. The lowest BCUT2D eigenvalue weighted by Gasteiger charge is -2.38. The Hall–Kier alpha value is -5.94. The van der Waals surface area contributed by atoms with E-state index in [1.807, 2.05) is 18.2 Å². The van der Waals surface area contributed by atoms with Crippen molar-refractivity contribution in [3.05, 3.63) is 81.0 Å². The molecule has 3 aromatic carbocycles. The van der Waals surface area contributed by atoms with Crippen LogP contribution in [0.1, 0.15) is 73.2 Å². The second-order valence-corrected chi connectivity index (χ2v) is 18.9. The number of fused-ring (bicyclic) bond motifs is 3. The minimum absolute atomic E-state index is 0.00615. The van der Waals surface area contributed by atoms with Gasteiger partial charge in [0.1, 0.15) is 16.9 Å². The summed E-state index contributed by atoms with van der Waals surface area (Å²) >= 11 is 6.57. The molecule has 18 heteroatoms. The van der Waals surface area contributed by atoms with Crippen LogP contribution in [-0.2, 0) is 16.6 Å². The van der Waals surface area contributed by atoms with Gasteiger partial charge < -0.3 is 29.7 Å². The Bertz CT molecular complexity index is 2880. The van der Waals surface area contributed by atoms with Gasteiger partial charge >= 0.3 is 5.92 Å². The highest BCUT2D eigenvalue weighted by Gasteiger charge is 2.51. The van der Waals surface area contributed by atoms with Gasteiger partial charge in [-0.1, -0.05) is 29.8 Å². The summed E-state index contributed by atoms with van der Waals surface area (Å²) in [6.07, 6.45) is 7.07. The third kappa shape index (κ3) is 7.30. The predicted molar refractivity (Wildman–Crippen MR) is 240 cm³/mol. The van der Waals surface area contributed by atoms with Gasteiger partial charge in [-0.25, -0.2) is 18.2 Å². The Morgan fingerprint density at radius 1 is 0.954 bits per heavy atom. The number of rotatable bonds is 8. The fourth-order valence-electron chi connectivity index (χ4n) is 10.8. The van der Waals surface area contributed by atoms with E-state index in [-0.39, 0.29) is 57.6 Å². The number of imide groups is 1. The zero-order valence-corrected chi connectivity index (χ0v) is 36.4. The van der Waals surface area contributed by atoms with Crippen molar-refractivity contribution in [3.8, 4) is 5.75 Å². The van der Waals surface area contributed by atoms with Crippen molar-refractivity contribution in [2.45, 2.75) is 75.3 Å². The molecule has 7 heterocycles. The number of anilines is 5. The summed E-state index contributed by atoms with van der Waals surface area (Å²) in [7, 11) is 1.45. The number of alkyl halides is 2. The molecule has 11 rings (SSSR count). The van der Waals surface area contributed by atoms with E-state index in [9.17, 15) is 19.2 Å². The Labute approximate surface area is 376 Å². The van der Waals surface area contributed by atoms with Crippen LogP contribution in [0.25, 0.3) is 21.7 Å². The lowest BCUT2D eigenvalue weighted by Crippen LogP contribution is -2.53. The summed E-state index contributed by atoms with van der Waals surface area (Å²) in [4.78, 5) is 67.0. The summed E-state index contributed by atoms with van der Waals surface area (Å²) in [5.74, 6) is -3.91. The molecule has 5 aliphatic heterocycles. The fraction of sp³-hybridized carbons (Fsp3) is 0.447. The van der Waals surface area contributed by atoms with Crippen molar-refractivity contribution < 1.29 is 32.3 Å². The van der Waals surface area contributed by atoms with E-state index in [1.54, 1.807) is 4.90 Å². The molecular formula is C47H47ClF3N9O5. The maximum absolute atomic E-state index is 15.8. The van der Waals surface area contributed by atoms with Crippen molar-refractivity contribution in [2.75, 3.05) is 59.8 Å². The van der Waals surface area contributed by atoms with Crippen LogP contribution in [0.4, 0.5) is 42.0 Å². The van der Waals surface area contributed by atoms with Gasteiger partial charge in [0.25, 0.3) is 11.5 Å². The Balaban J connectivity index is 0.739. The molecule has 6 aliphatic rings. The zero-order valence-electron chi connectivity index (χ0n) is 35.6. The molecule has 0 bridgehead atoms. The first-order chi connectivity index (χ1) is 31.3. The maximum atomic E-state index is 15.8. The third-order valence-corrected chi connectivity index (χ3v) is 14.7. The molecule has 2 aromatic heterocycles. The molecule has 14 nitrogen and oxygen atoms in total. The summed E-state index contributed by atoms with van der Waals surface area (Å²) in [6.45, 7) is 3.38. The number of amides is 3. The van der Waals surface area contributed by atoms with Crippen molar-refractivity contribution in [1.29, 1.82) is 0 Å². The monoisotopic (exact) mass is 909 g/mol. The number of nitrogens with zero attached hydrogens (tertiary/aromatic N) is 6. The minimum Gasteiger partial charge on any atom is -0.480 e. The first-order valence-electron chi connectivity index (χ1n) is 22.5. The highest BCUT2D eigenvalue weighted by molar-refractivity contribution is 6.33. The Morgan fingerprint density at radius 3 is 2.49 bits per heavy atom.